The Morgan fingerprint density at radius 2 is 1.90 bits per heavy atom. The molecule has 0 bridgehead atoms. The summed E-state index contributed by atoms with van der Waals surface area (Å²) >= 11 is 3.26. The molecule has 7 heteroatoms. The Labute approximate surface area is 129 Å². The van der Waals surface area contributed by atoms with Gasteiger partial charge in [-0.2, -0.15) is 5.10 Å². The van der Waals surface area contributed by atoms with Crippen molar-refractivity contribution in [1.82, 2.24) is 19.7 Å². The molecule has 0 spiro atoms. The Bertz CT molecular complexity index is 773. The molecule has 0 atom stereocenters. The number of hydrogen-bond donors (Lipinski definition) is 1. The maximum absolute atomic E-state index is 12.3. The zero-order chi connectivity index (χ0) is 14.7. The highest BCUT2D eigenvalue weighted by atomic mass is 79.9. The second-order valence-corrected chi connectivity index (χ2v) is 4.87. The molecule has 104 valence electrons. The molecule has 0 saturated heterocycles. The van der Waals surface area contributed by atoms with E-state index in [1.54, 1.807) is 59.8 Å². The fourth-order valence-corrected chi connectivity index (χ4v) is 2.25. The van der Waals surface area contributed by atoms with Gasteiger partial charge >= 0.3 is 0 Å². The lowest BCUT2D eigenvalue weighted by Crippen LogP contribution is -2.15. The number of nitrogens with one attached hydrogen (secondary N) is 1. The van der Waals surface area contributed by atoms with Crippen molar-refractivity contribution in [2.75, 3.05) is 5.32 Å². The smallest absolute Gasteiger partial charge is 0.258 e. The Morgan fingerprint density at radius 1 is 1.10 bits per heavy atom. The predicted molar refractivity (Wildman–Crippen MR) is 81.2 cm³/mol. The van der Waals surface area contributed by atoms with Crippen LogP contribution in [0.25, 0.3) is 5.82 Å². The van der Waals surface area contributed by atoms with Crippen LogP contribution in [0.15, 0.2) is 59.7 Å². The van der Waals surface area contributed by atoms with Gasteiger partial charge in [-0.05, 0) is 46.3 Å². The summed E-state index contributed by atoms with van der Waals surface area (Å²) in [7, 11) is 0. The highest BCUT2D eigenvalue weighted by Gasteiger charge is 2.13. The third kappa shape index (κ3) is 2.82. The summed E-state index contributed by atoms with van der Waals surface area (Å²) in [6.45, 7) is 0. The quantitative estimate of drug-likeness (QED) is 0.742. The van der Waals surface area contributed by atoms with Gasteiger partial charge in [-0.3, -0.25) is 4.79 Å². The third-order valence-electron chi connectivity index (χ3n) is 2.76. The second-order valence-electron chi connectivity index (χ2n) is 4.12. The molecule has 6 nitrogen and oxygen atoms in total. The van der Waals surface area contributed by atoms with Crippen LogP contribution in [0.3, 0.4) is 0 Å². The molecule has 3 heterocycles. The average molecular weight is 344 g/mol. The van der Waals surface area contributed by atoms with Crippen molar-refractivity contribution in [1.29, 1.82) is 0 Å². The van der Waals surface area contributed by atoms with Gasteiger partial charge in [0.05, 0.1) is 11.3 Å². The fraction of sp³-hybridized carbons (Fsp3) is 0. The maximum atomic E-state index is 12.3. The van der Waals surface area contributed by atoms with Gasteiger partial charge in [0.2, 0.25) is 0 Å². The number of carbonyl (C=O) groups excluding carboxylic acids is 1. The normalized spacial score (nSPS) is 10.3. The lowest BCUT2D eigenvalue weighted by Gasteiger charge is -2.10. The number of rotatable bonds is 3. The Balaban J connectivity index is 1.93. The van der Waals surface area contributed by atoms with Crippen LogP contribution in [0.1, 0.15) is 10.4 Å². The van der Waals surface area contributed by atoms with Crippen LogP contribution in [0.4, 0.5) is 5.69 Å². The van der Waals surface area contributed by atoms with Crippen molar-refractivity contribution >= 4 is 27.5 Å². The molecule has 1 amide bonds. The summed E-state index contributed by atoms with van der Waals surface area (Å²) in [4.78, 5) is 20.6. The van der Waals surface area contributed by atoms with Crippen molar-refractivity contribution in [2.24, 2.45) is 0 Å². The molecule has 0 aliphatic heterocycles. The molecule has 0 aliphatic carbocycles. The first-order valence-electron chi connectivity index (χ1n) is 6.12. The molecule has 0 aliphatic rings. The molecule has 3 rings (SSSR count). The SMILES string of the molecule is O=C(Nc1cccnc1-n1cccn1)c1cccnc1Br. The topological polar surface area (TPSA) is 72.7 Å². The summed E-state index contributed by atoms with van der Waals surface area (Å²) in [5.41, 5.74) is 1.02. The molecule has 0 fully saturated rings. The molecule has 3 aromatic heterocycles. The van der Waals surface area contributed by atoms with E-state index in [9.17, 15) is 4.79 Å². The van der Waals surface area contributed by atoms with E-state index in [2.05, 4.69) is 36.3 Å². The Kier molecular flexibility index (Phi) is 3.74. The van der Waals surface area contributed by atoms with Crippen molar-refractivity contribution in [2.45, 2.75) is 0 Å². The number of carbonyl (C=O) groups is 1. The number of anilines is 1. The van der Waals surface area contributed by atoms with Gasteiger partial charge in [-0.15, -0.1) is 0 Å². The monoisotopic (exact) mass is 343 g/mol. The number of pyridine rings is 2. The summed E-state index contributed by atoms with van der Waals surface area (Å²) in [6, 6.07) is 8.71. The summed E-state index contributed by atoms with van der Waals surface area (Å²) in [5, 5.41) is 6.95. The van der Waals surface area contributed by atoms with E-state index in [-0.39, 0.29) is 5.91 Å². The number of nitrogens with zero attached hydrogens (tertiary/aromatic N) is 4. The van der Waals surface area contributed by atoms with Crippen LogP contribution in [0.5, 0.6) is 0 Å². The first-order valence-corrected chi connectivity index (χ1v) is 6.92. The second kappa shape index (κ2) is 5.84. The number of halogens is 1. The van der Waals surface area contributed by atoms with Crippen molar-refractivity contribution in [3.05, 3.63) is 65.3 Å². The van der Waals surface area contributed by atoms with E-state index >= 15 is 0 Å². The van der Waals surface area contributed by atoms with Crippen molar-refractivity contribution in [3.8, 4) is 5.82 Å². The van der Waals surface area contributed by atoms with E-state index in [1.807, 2.05) is 0 Å². The predicted octanol–water partition coefficient (Wildman–Crippen LogP) is 2.68. The molecule has 1 N–H and O–H groups in total. The van der Waals surface area contributed by atoms with Gasteiger partial charge < -0.3 is 5.32 Å². The largest absolute Gasteiger partial charge is 0.319 e. The minimum Gasteiger partial charge on any atom is -0.319 e. The highest BCUT2D eigenvalue weighted by Crippen LogP contribution is 2.19. The fourth-order valence-electron chi connectivity index (χ4n) is 1.82. The van der Waals surface area contributed by atoms with Gasteiger partial charge in [0.1, 0.15) is 4.60 Å². The average Bonchev–Trinajstić information content (AvgIpc) is 3.02. The minimum absolute atomic E-state index is 0.267. The molecule has 21 heavy (non-hydrogen) atoms. The van der Waals surface area contributed by atoms with Gasteiger partial charge in [0.25, 0.3) is 5.91 Å². The van der Waals surface area contributed by atoms with E-state index in [0.717, 1.165) is 0 Å². The Hall–Kier alpha value is -2.54. The van der Waals surface area contributed by atoms with E-state index < -0.39 is 0 Å². The number of hydrogen-bond acceptors (Lipinski definition) is 4. The van der Waals surface area contributed by atoms with E-state index in [1.165, 1.54) is 0 Å². The Morgan fingerprint density at radius 3 is 2.67 bits per heavy atom. The molecular weight excluding hydrogens is 334 g/mol. The molecule has 0 saturated carbocycles. The number of amides is 1. The maximum Gasteiger partial charge on any atom is 0.258 e. The third-order valence-corrected chi connectivity index (χ3v) is 3.39. The molecular formula is C14H10BrN5O. The summed E-state index contributed by atoms with van der Waals surface area (Å²) in [5.74, 6) is 0.284. The minimum atomic E-state index is -0.267. The van der Waals surface area contributed by atoms with Gasteiger partial charge in [0.15, 0.2) is 5.82 Å². The van der Waals surface area contributed by atoms with Gasteiger partial charge in [0, 0.05) is 24.8 Å². The molecule has 0 aromatic carbocycles. The van der Waals surface area contributed by atoms with Crippen LogP contribution in [-0.4, -0.2) is 25.7 Å². The molecule has 0 radical (unpaired) electrons. The van der Waals surface area contributed by atoms with Crippen LogP contribution in [-0.2, 0) is 0 Å². The van der Waals surface area contributed by atoms with Crippen LogP contribution in [0.2, 0.25) is 0 Å². The van der Waals surface area contributed by atoms with Crippen molar-refractivity contribution < 1.29 is 4.79 Å². The zero-order valence-electron chi connectivity index (χ0n) is 10.8. The first-order chi connectivity index (χ1) is 10.3. The van der Waals surface area contributed by atoms with Gasteiger partial charge in [-0.1, -0.05) is 0 Å². The van der Waals surface area contributed by atoms with Crippen molar-refractivity contribution in [3.63, 3.8) is 0 Å². The lowest BCUT2D eigenvalue weighted by atomic mass is 10.2. The van der Waals surface area contributed by atoms with Crippen LogP contribution >= 0.6 is 15.9 Å². The molecule has 0 unspecified atom stereocenters. The number of aromatic nitrogens is 4. The standard InChI is InChI=1S/C14H10BrN5O/c15-12-10(4-1-6-16-12)14(21)19-11-5-2-7-17-13(11)20-9-3-8-18-20/h1-9H,(H,19,21). The van der Waals surface area contributed by atoms with Crippen LogP contribution in [0, 0.1) is 0 Å². The molecule has 3 aromatic rings. The van der Waals surface area contributed by atoms with Crippen LogP contribution < -0.4 is 5.32 Å². The highest BCUT2D eigenvalue weighted by molar-refractivity contribution is 9.10. The van der Waals surface area contributed by atoms with E-state index in [4.69, 9.17) is 0 Å². The summed E-state index contributed by atoms with van der Waals surface area (Å²) < 4.78 is 2.08. The zero-order valence-corrected chi connectivity index (χ0v) is 12.4. The summed E-state index contributed by atoms with van der Waals surface area (Å²) in [6.07, 6.45) is 6.67. The van der Waals surface area contributed by atoms with Gasteiger partial charge in [-0.25, -0.2) is 14.6 Å². The first kappa shape index (κ1) is 13.4. The van der Waals surface area contributed by atoms with E-state index in [0.29, 0.717) is 21.7 Å². The lowest BCUT2D eigenvalue weighted by molar-refractivity contribution is 0.102.